The molecule has 6 nitrogen and oxygen atoms in total. The first-order valence-electron chi connectivity index (χ1n) is 8.71. The standard InChI is InChI=1S/C20H13BrClF3N2O4S/c21-15-5-1-12(2-6-15)11-27(18-17(22)9-14(10-26-18)20(23,24)25)32(30,31)16-7-3-13(4-8-16)19(28)29/h1-10H,11H2,(H,28,29)/p-1. The van der Waals surface area contributed by atoms with Gasteiger partial charge in [0.25, 0.3) is 10.0 Å². The molecular weight excluding hydrogens is 537 g/mol. The fourth-order valence-corrected chi connectivity index (χ4v) is 4.70. The molecule has 3 rings (SSSR count). The van der Waals surface area contributed by atoms with Gasteiger partial charge in [0.2, 0.25) is 0 Å². The van der Waals surface area contributed by atoms with E-state index in [0.29, 0.717) is 17.8 Å². The summed E-state index contributed by atoms with van der Waals surface area (Å²) in [5.74, 6) is -1.90. The molecule has 0 fully saturated rings. The predicted molar refractivity (Wildman–Crippen MR) is 113 cm³/mol. The topological polar surface area (TPSA) is 90.4 Å². The molecule has 12 heteroatoms. The molecule has 0 atom stereocenters. The Hall–Kier alpha value is -2.63. The summed E-state index contributed by atoms with van der Waals surface area (Å²) in [4.78, 5) is 14.3. The van der Waals surface area contributed by atoms with Gasteiger partial charge in [0.05, 0.1) is 28.0 Å². The molecule has 0 saturated heterocycles. The van der Waals surface area contributed by atoms with E-state index in [4.69, 9.17) is 11.6 Å². The Labute approximate surface area is 194 Å². The van der Waals surface area contributed by atoms with Gasteiger partial charge in [-0.25, -0.2) is 17.7 Å². The Morgan fingerprint density at radius 3 is 2.19 bits per heavy atom. The molecule has 0 aliphatic rings. The number of rotatable bonds is 6. The highest BCUT2D eigenvalue weighted by Crippen LogP contribution is 2.36. The average molecular weight is 549 g/mol. The highest BCUT2D eigenvalue weighted by atomic mass is 79.9. The van der Waals surface area contributed by atoms with Gasteiger partial charge in [-0.3, -0.25) is 0 Å². The molecule has 0 amide bonds. The summed E-state index contributed by atoms with van der Waals surface area (Å²) < 4.78 is 67.2. The summed E-state index contributed by atoms with van der Waals surface area (Å²) in [5, 5.41) is 10.4. The second kappa shape index (κ2) is 9.08. The Morgan fingerprint density at radius 1 is 1.09 bits per heavy atom. The minimum atomic E-state index is -4.72. The van der Waals surface area contributed by atoms with E-state index >= 15 is 0 Å². The quantitative estimate of drug-likeness (QED) is 0.459. The van der Waals surface area contributed by atoms with Gasteiger partial charge in [-0.2, -0.15) is 13.2 Å². The third-order valence-electron chi connectivity index (χ3n) is 4.30. The van der Waals surface area contributed by atoms with Gasteiger partial charge in [0, 0.05) is 10.7 Å². The number of carbonyl (C=O) groups is 1. The number of sulfonamides is 1. The summed E-state index contributed by atoms with van der Waals surface area (Å²) in [5.41, 5.74) is -0.874. The number of nitrogens with zero attached hydrogens (tertiary/aromatic N) is 2. The monoisotopic (exact) mass is 547 g/mol. The van der Waals surface area contributed by atoms with Crippen molar-refractivity contribution in [3.8, 4) is 0 Å². The number of hydrogen-bond donors (Lipinski definition) is 0. The molecule has 1 aromatic heterocycles. The molecule has 1 heterocycles. The third kappa shape index (κ3) is 5.22. The Bertz CT molecular complexity index is 1250. The predicted octanol–water partition coefficient (Wildman–Crippen LogP) is 4.28. The van der Waals surface area contributed by atoms with Crippen molar-refractivity contribution in [1.29, 1.82) is 0 Å². The molecule has 2 aromatic carbocycles. The number of anilines is 1. The maximum Gasteiger partial charge on any atom is 0.417 e. The number of aromatic carboxylic acids is 1. The number of pyridine rings is 1. The summed E-state index contributed by atoms with van der Waals surface area (Å²) in [7, 11) is -4.40. The van der Waals surface area contributed by atoms with Crippen LogP contribution in [0, 0.1) is 0 Å². The van der Waals surface area contributed by atoms with E-state index in [-0.39, 0.29) is 17.0 Å². The molecule has 0 spiro atoms. The van der Waals surface area contributed by atoms with Gasteiger partial charge in [-0.05, 0) is 41.5 Å². The SMILES string of the molecule is O=C([O-])c1ccc(S(=O)(=O)N(Cc2ccc(Br)cc2)c2ncc(C(F)(F)F)cc2Cl)cc1. The summed E-state index contributed by atoms with van der Waals surface area (Å²) in [6.45, 7) is -0.296. The Kier molecular flexibility index (Phi) is 6.82. The summed E-state index contributed by atoms with van der Waals surface area (Å²) in [6.07, 6.45) is -4.23. The Morgan fingerprint density at radius 2 is 1.69 bits per heavy atom. The molecule has 0 N–H and O–H groups in total. The number of alkyl halides is 3. The molecule has 3 aromatic rings. The van der Waals surface area contributed by atoms with Crippen molar-refractivity contribution in [2.75, 3.05) is 4.31 Å². The van der Waals surface area contributed by atoms with E-state index in [9.17, 15) is 31.5 Å². The van der Waals surface area contributed by atoms with Crippen LogP contribution in [0.3, 0.4) is 0 Å². The zero-order valence-electron chi connectivity index (χ0n) is 15.8. The van der Waals surface area contributed by atoms with Crippen molar-refractivity contribution in [1.82, 2.24) is 4.98 Å². The number of halogens is 5. The maximum absolute atomic E-state index is 13.4. The summed E-state index contributed by atoms with van der Waals surface area (Å²) >= 11 is 9.28. The van der Waals surface area contributed by atoms with Gasteiger partial charge >= 0.3 is 6.18 Å². The lowest BCUT2D eigenvalue weighted by Crippen LogP contribution is -2.32. The van der Waals surface area contributed by atoms with E-state index in [1.54, 1.807) is 24.3 Å². The molecule has 0 unspecified atom stereocenters. The van der Waals surface area contributed by atoms with E-state index < -0.39 is 38.6 Å². The molecule has 0 aliphatic carbocycles. The number of carbonyl (C=O) groups excluding carboxylic acids is 1. The minimum Gasteiger partial charge on any atom is -0.545 e. The van der Waals surface area contributed by atoms with Crippen LogP contribution in [0.25, 0.3) is 0 Å². The highest BCUT2D eigenvalue weighted by Gasteiger charge is 2.34. The van der Waals surface area contributed by atoms with Crippen LogP contribution in [0.5, 0.6) is 0 Å². The minimum absolute atomic E-state index is 0.242. The van der Waals surface area contributed by atoms with Crippen molar-refractivity contribution in [3.05, 3.63) is 87.0 Å². The normalized spacial score (nSPS) is 11.9. The van der Waals surface area contributed by atoms with Crippen molar-refractivity contribution >= 4 is 49.3 Å². The third-order valence-corrected chi connectivity index (χ3v) is 6.86. The average Bonchev–Trinajstić information content (AvgIpc) is 2.73. The fourth-order valence-electron chi connectivity index (χ4n) is 2.69. The van der Waals surface area contributed by atoms with Crippen LogP contribution >= 0.6 is 27.5 Å². The zero-order valence-corrected chi connectivity index (χ0v) is 19.0. The van der Waals surface area contributed by atoms with Gasteiger partial charge in [0.1, 0.15) is 0 Å². The smallest absolute Gasteiger partial charge is 0.417 e. The maximum atomic E-state index is 13.4. The van der Waals surface area contributed by atoms with Crippen LogP contribution in [0.4, 0.5) is 19.0 Å². The van der Waals surface area contributed by atoms with Crippen LogP contribution in [-0.4, -0.2) is 19.4 Å². The van der Waals surface area contributed by atoms with Gasteiger partial charge in [0.15, 0.2) is 5.82 Å². The molecule has 0 radical (unpaired) electrons. The number of benzene rings is 2. The molecular formula is C20H12BrClF3N2O4S-. The highest BCUT2D eigenvalue weighted by molar-refractivity contribution is 9.10. The lowest BCUT2D eigenvalue weighted by molar-refractivity contribution is -0.255. The molecule has 168 valence electrons. The van der Waals surface area contributed by atoms with E-state index in [0.717, 1.165) is 33.0 Å². The number of carboxylic acid groups (broad SMARTS) is 1. The van der Waals surface area contributed by atoms with Crippen molar-refractivity contribution in [2.24, 2.45) is 0 Å². The van der Waals surface area contributed by atoms with Crippen molar-refractivity contribution in [2.45, 2.75) is 17.6 Å². The van der Waals surface area contributed by atoms with E-state index in [1.807, 2.05) is 0 Å². The van der Waals surface area contributed by atoms with Gasteiger partial charge < -0.3 is 9.90 Å². The van der Waals surface area contributed by atoms with E-state index in [1.165, 1.54) is 0 Å². The molecule has 0 saturated carbocycles. The second-order valence-electron chi connectivity index (χ2n) is 6.48. The first-order chi connectivity index (χ1) is 14.9. The van der Waals surface area contributed by atoms with Crippen LogP contribution in [0.2, 0.25) is 5.02 Å². The van der Waals surface area contributed by atoms with Crippen LogP contribution in [0.15, 0.2) is 70.2 Å². The first kappa shape index (κ1) is 24.0. The van der Waals surface area contributed by atoms with Crippen molar-refractivity contribution < 1.29 is 31.5 Å². The molecule has 32 heavy (non-hydrogen) atoms. The van der Waals surface area contributed by atoms with Gasteiger partial charge in [-0.1, -0.05) is 51.8 Å². The Balaban J connectivity index is 2.12. The molecule has 0 bridgehead atoms. The largest absolute Gasteiger partial charge is 0.545 e. The molecule has 0 aliphatic heterocycles. The summed E-state index contributed by atoms with van der Waals surface area (Å²) in [6, 6.07) is 11.3. The van der Waals surface area contributed by atoms with Gasteiger partial charge in [-0.15, -0.1) is 0 Å². The lowest BCUT2D eigenvalue weighted by atomic mass is 10.2. The second-order valence-corrected chi connectivity index (χ2v) is 9.66. The van der Waals surface area contributed by atoms with Crippen LogP contribution < -0.4 is 9.41 Å². The number of hydrogen-bond acceptors (Lipinski definition) is 5. The van der Waals surface area contributed by atoms with Crippen LogP contribution in [-0.2, 0) is 22.7 Å². The first-order valence-corrected chi connectivity index (χ1v) is 11.3. The zero-order chi connectivity index (χ0) is 23.7. The lowest BCUT2D eigenvalue weighted by Gasteiger charge is -2.25. The van der Waals surface area contributed by atoms with E-state index in [2.05, 4.69) is 20.9 Å². The van der Waals surface area contributed by atoms with Crippen molar-refractivity contribution in [3.63, 3.8) is 0 Å². The number of carboxylic acids is 1. The van der Waals surface area contributed by atoms with Crippen LogP contribution in [0.1, 0.15) is 21.5 Å². The number of aromatic nitrogens is 1. The fraction of sp³-hybridized carbons (Fsp3) is 0.100.